The van der Waals surface area contributed by atoms with Gasteiger partial charge >= 0.3 is 0 Å². The average Bonchev–Trinajstić information content (AvgIpc) is 2.34. The first kappa shape index (κ1) is 14.4. The summed E-state index contributed by atoms with van der Waals surface area (Å²) in [6.07, 6.45) is 1.64. The number of anilines is 1. The smallest absolute Gasteiger partial charge is 0.128 e. The highest BCUT2D eigenvalue weighted by Gasteiger charge is 2.10. The van der Waals surface area contributed by atoms with Crippen molar-refractivity contribution >= 4 is 11.7 Å². The third kappa shape index (κ3) is 4.33. The van der Waals surface area contributed by atoms with Crippen LogP contribution in [0, 0.1) is 11.3 Å². The Labute approximate surface area is 108 Å². The molecule has 0 aliphatic rings. The Bertz CT molecular complexity index is 375. The van der Waals surface area contributed by atoms with Crippen LogP contribution < -0.4 is 10.6 Å². The van der Waals surface area contributed by atoms with Crippen molar-refractivity contribution in [1.82, 2.24) is 4.98 Å². The van der Waals surface area contributed by atoms with Crippen molar-refractivity contribution in [1.29, 1.82) is 5.41 Å². The van der Waals surface area contributed by atoms with Crippen molar-refractivity contribution in [2.45, 2.75) is 13.8 Å². The highest BCUT2D eigenvalue weighted by Crippen LogP contribution is 2.13. The van der Waals surface area contributed by atoms with E-state index in [4.69, 9.17) is 15.9 Å². The summed E-state index contributed by atoms with van der Waals surface area (Å²) in [5, 5.41) is 7.34. The molecule has 1 heterocycles. The van der Waals surface area contributed by atoms with Crippen molar-refractivity contribution < 1.29 is 4.74 Å². The molecule has 0 aliphatic heterocycles. The van der Waals surface area contributed by atoms with Gasteiger partial charge < -0.3 is 15.4 Å². The summed E-state index contributed by atoms with van der Waals surface area (Å²) in [4.78, 5) is 6.53. The fraction of sp³-hybridized carbons (Fsp3) is 0.538. The monoisotopic (exact) mass is 250 g/mol. The molecule has 0 fully saturated rings. The van der Waals surface area contributed by atoms with E-state index < -0.39 is 0 Å². The van der Waals surface area contributed by atoms with Gasteiger partial charge in [-0.05, 0) is 18.1 Å². The largest absolute Gasteiger partial charge is 0.384 e. The third-order valence-electron chi connectivity index (χ3n) is 2.53. The van der Waals surface area contributed by atoms with E-state index in [0.717, 1.165) is 18.9 Å². The van der Waals surface area contributed by atoms with Gasteiger partial charge in [0.15, 0.2) is 0 Å². The molecule has 0 unspecified atom stereocenters. The first-order chi connectivity index (χ1) is 8.54. The number of nitrogens with zero attached hydrogens (tertiary/aromatic N) is 2. The number of rotatable bonds is 7. The summed E-state index contributed by atoms with van der Waals surface area (Å²) in [5.41, 5.74) is 6.06. The zero-order valence-electron chi connectivity index (χ0n) is 11.3. The van der Waals surface area contributed by atoms with Crippen LogP contribution in [0.4, 0.5) is 5.82 Å². The van der Waals surface area contributed by atoms with Crippen LogP contribution in [0.2, 0.25) is 0 Å². The molecule has 1 aromatic rings. The lowest BCUT2D eigenvalue weighted by Gasteiger charge is -2.25. The number of ether oxygens (including phenoxy) is 1. The van der Waals surface area contributed by atoms with Gasteiger partial charge in [-0.2, -0.15) is 0 Å². The summed E-state index contributed by atoms with van der Waals surface area (Å²) < 4.78 is 5.11. The van der Waals surface area contributed by atoms with Gasteiger partial charge in [-0.1, -0.05) is 13.8 Å². The van der Waals surface area contributed by atoms with Crippen LogP contribution in [0.1, 0.15) is 19.4 Å². The highest BCUT2D eigenvalue weighted by molar-refractivity contribution is 5.94. The van der Waals surface area contributed by atoms with Crippen molar-refractivity contribution in [3.63, 3.8) is 0 Å². The van der Waals surface area contributed by atoms with E-state index in [1.165, 1.54) is 0 Å². The molecule has 0 aliphatic carbocycles. The van der Waals surface area contributed by atoms with Gasteiger partial charge in [0, 0.05) is 32.0 Å². The Morgan fingerprint density at radius 3 is 2.67 bits per heavy atom. The number of hydrogen-bond donors (Lipinski definition) is 2. The minimum absolute atomic E-state index is 0.0429. The Morgan fingerprint density at radius 2 is 2.22 bits per heavy atom. The van der Waals surface area contributed by atoms with Gasteiger partial charge in [-0.15, -0.1) is 0 Å². The summed E-state index contributed by atoms with van der Waals surface area (Å²) >= 11 is 0. The lowest BCUT2D eigenvalue weighted by Crippen LogP contribution is -2.31. The van der Waals surface area contributed by atoms with Gasteiger partial charge in [0.05, 0.1) is 6.61 Å². The molecule has 0 amide bonds. The summed E-state index contributed by atoms with van der Waals surface area (Å²) in [6.45, 7) is 6.74. The van der Waals surface area contributed by atoms with Crippen molar-refractivity contribution in [2.75, 3.05) is 31.7 Å². The van der Waals surface area contributed by atoms with Gasteiger partial charge in [-0.25, -0.2) is 4.98 Å². The van der Waals surface area contributed by atoms with Crippen molar-refractivity contribution in [2.24, 2.45) is 11.7 Å². The number of methoxy groups -OCH3 is 1. The normalized spacial score (nSPS) is 10.7. The highest BCUT2D eigenvalue weighted by atomic mass is 16.5. The van der Waals surface area contributed by atoms with Crippen LogP contribution in [-0.4, -0.2) is 37.6 Å². The fourth-order valence-corrected chi connectivity index (χ4v) is 1.67. The third-order valence-corrected chi connectivity index (χ3v) is 2.53. The van der Waals surface area contributed by atoms with E-state index in [-0.39, 0.29) is 5.84 Å². The average molecular weight is 250 g/mol. The number of hydrogen-bond acceptors (Lipinski definition) is 4. The van der Waals surface area contributed by atoms with Crippen molar-refractivity contribution in [3.8, 4) is 0 Å². The topological polar surface area (TPSA) is 75.2 Å². The number of amidine groups is 1. The van der Waals surface area contributed by atoms with E-state index in [0.29, 0.717) is 18.1 Å². The molecule has 0 saturated carbocycles. The van der Waals surface area contributed by atoms with Crippen molar-refractivity contribution in [3.05, 3.63) is 23.9 Å². The maximum Gasteiger partial charge on any atom is 0.128 e. The SMILES string of the molecule is COCCN(CC(C)C)c1ccc(C(=N)N)cn1. The Kier molecular flexibility index (Phi) is 5.58. The van der Waals surface area contributed by atoms with E-state index in [1.807, 2.05) is 12.1 Å². The van der Waals surface area contributed by atoms with E-state index in [2.05, 4.69) is 23.7 Å². The van der Waals surface area contributed by atoms with Gasteiger partial charge in [0.1, 0.15) is 11.7 Å². The number of pyridine rings is 1. The van der Waals surface area contributed by atoms with E-state index >= 15 is 0 Å². The molecule has 0 spiro atoms. The van der Waals surface area contributed by atoms with Crippen LogP contribution in [0.3, 0.4) is 0 Å². The molecule has 0 atom stereocenters. The Hall–Kier alpha value is -1.62. The van der Waals surface area contributed by atoms with Crippen LogP contribution in [-0.2, 0) is 4.74 Å². The summed E-state index contributed by atoms with van der Waals surface area (Å²) in [5.74, 6) is 1.49. The van der Waals surface area contributed by atoms with Crippen LogP contribution in [0.15, 0.2) is 18.3 Å². The number of nitrogen functional groups attached to an aromatic ring is 1. The molecule has 0 radical (unpaired) electrons. The number of nitrogens with one attached hydrogen (secondary N) is 1. The molecule has 1 rings (SSSR count). The second-order valence-corrected chi connectivity index (χ2v) is 4.65. The predicted octanol–water partition coefficient (Wildman–Crippen LogP) is 1.47. The van der Waals surface area contributed by atoms with E-state index in [1.54, 1.807) is 13.3 Å². The second-order valence-electron chi connectivity index (χ2n) is 4.65. The van der Waals surface area contributed by atoms with Gasteiger partial charge in [0.25, 0.3) is 0 Å². The second kappa shape index (κ2) is 6.96. The maximum atomic E-state index is 7.34. The molecule has 3 N–H and O–H groups in total. The van der Waals surface area contributed by atoms with E-state index in [9.17, 15) is 0 Å². The molecular weight excluding hydrogens is 228 g/mol. The molecule has 100 valence electrons. The minimum atomic E-state index is 0.0429. The van der Waals surface area contributed by atoms with Gasteiger partial charge in [-0.3, -0.25) is 5.41 Å². The quantitative estimate of drug-likeness (QED) is 0.567. The molecule has 5 nitrogen and oxygen atoms in total. The fourth-order valence-electron chi connectivity index (χ4n) is 1.67. The van der Waals surface area contributed by atoms with Gasteiger partial charge in [0.2, 0.25) is 0 Å². The zero-order chi connectivity index (χ0) is 13.5. The molecule has 0 bridgehead atoms. The lowest BCUT2D eigenvalue weighted by molar-refractivity contribution is 0.204. The number of nitrogens with two attached hydrogens (primary N) is 1. The Morgan fingerprint density at radius 1 is 1.50 bits per heavy atom. The maximum absolute atomic E-state index is 7.34. The van der Waals surface area contributed by atoms with Crippen LogP contribution >= 0.6 is 0 Å². The predicted molar refractivity (Wildman–Crippen MR) is 74.2 cm³/mol. The minimum Gasteiger partial charge on any atom is -0.384 e. The summed E-state index contributed by atoms with van der Waals surface area (Å²) in [7, 11) is 1.69. The molecular formula is C13H22N4O. The lowest BCUT2D eigenvalue weighted by atomic mass is 10.2. The zero-order valence-corrected chi connectivity index (χ0v) is 11.3. The summed E-state index contributed by atoms with van der Waals surface area (Å²) in [6, 6.07) is 3.72. The van der Waals surface area contributed by atoms with Crippen LogP contribution in [0.25, 0.3) is 0 Å². The molecule has 0 aromatic carbocycles. The number of aromatic nitrogens is 1. The molecule has 18 heavy (non-hydrogen) atoms. The molecule has 0 saturated heterocycles. The standard InChI is InChI=1S/C13H22N4O/c1-10(2)9-17(6-7-18-3)12-5-4-11(8-16-12)13(14)15/h4-5,8,10H,6-7,9H2,1-3H3,(H3,14,15). The first-order valence-corrected chi connectivity index (χ1v) is 6.09. The molecule has 5 heteroatoms. The Balaban J connectivity index is 2.80. The molecule has 1 aromatic heterocycles. The van der Waals surface area contributed by atoms with Crippen LogP contribution in [0.5, 0.6) is 0 Å². The first-order valence-electron chi connectivity index (χ1n) is 6.09.